The Kier molecular flexibility index (Phi) is 5.86. The number of pyridine rings is 1. The number of hydrogen-bond donors (Lipinski definition) is 0. The molecule has 10 heteroatoms. The van der Waals surface area contributed by atoms with E-state index in [0.717, 1.165) is 16.4 Å². The van der Waals surface area contributed by atoms with Crippen LogP contribution < -0.4 is 5.43 Å². The highest BCUT2D eigenvalue weighted by atomic mass is 32.2. The van der Waals surface area contributed by atoms with Gasteiger partial charge in [-0.05, 0) is 42.5 Å². The van der Waals surface area contributed by atoms with Crippen LogP contribution in [0.15, 0.2) is 76.4 Å². The van der Waals surface area contributed by atoms with Crippen LogP contribution in [0.5, 0.6) is 0 Å². The van der Waals surface area contributed by atoms with Crippen molar-refractivity contribution in [3.8, 4) is 0 Å². The van der Waals surface area contributed by atoms with Gasteiger partial charge < -0.3 is 9.47 Å². The molecule has 180 valence electrons. The van der Waals surface area contributed by atoms with Crippen molar-refractivity contribution in [2.24, 2.45) is 0 Å². The molecule has 1 amide bonds. The molecule has 0 aliphatic carbocycles. The van der Waals surface area contributed by atoms with Gasteiger partial charge in [0.15, 0.2) is 17.1 Å². The first-order valence-electron chi connectivity index (χ1n) is 11.0. The minimum atomic E-state index is -4.02. The maximum absolute atomic E-state index is 13.6. The predicted octanol–water partition coefficient (Wildman–Crippen LogP) is 2.97. The van der Waals surface area contributed by atoms with Crippen LogP contribution in [0.1, 0.15) is 0 Å². The lowest BCUT2D eigenvalue weighted by Gasteiger charge is -2.34. The van der Waals surface area contributed by atoms with Crippen LogP contribution in [-0.4, -0.2) is 54.3 Å². The maximum atomic E-state index is 13.6. The normalized spacial score (nSPS) is 15.1. The molecule has 0 unspecified atom stereocenters. The lowest BCUT2D eigenvalue weighted by molar-refractivity contribution is -0.132. The van der Waals surface area contributed by atoms with E-state index in [-0.39, 0.29) is 49.0 Å². The topological polar surface area (TPSA) is 79.7 Å². The molecular formula is C25H21F2N3O4S. The lowest BCUT2D eigenvalue weighted by Crippen LogP contribution is -2.51. The molecule has 7 nitrogen and oxygen atoms in total. The number of nitrogens with zero attached hydrogens (tertiary/aromatic N) is 3. The summed E-state index contributed by atoms with van der Waals surface area (Å²) in [5, 5.41) is 1.03. The average molecular weight is 498 g/mol. The van der Waals surface area contributed by atoms with Gasteiger partial charge in [0.1, 0.15) is 6.54 Å². The van der Waals surface area contributed by atoms with Crippen molar-refractivity contribution in [3.63, 3.8) is 0 Å². The number of aromatic nitrogens is 1. The Balaban J connectivity index is 1.38. The Hall–Kier alpha value is -3.63. The fourth-order valence-electron chi connectivity index (χ4n) is 4.45. The van der Waals surface area contributed by atoms with Crippen molar-refractivity contribution in [1.29, 1.82) is 0 Å². The highest BCUT2D eigenvalue weighted by Gasteiger charge is 2.31. The van der Waals surface area contributed by atoms with Crippen molar-refractivity contribution in [1.82, 2.24) is 13.8 Å². The minimum absolute atomic E-state index is 0.0166. The van der Waals surface area contributed by atoms with Crippen LogP contribution in [0, 0.1) is 11.6 Å². The zero-order valence-electron chi connectivity index (χ0n) is 18.5. The van der Waals surface area contributed by atoms with Gasteiger partial charge in [-0.1, -0.05) is 24.3 Å². The van der Waals surface area contributed by atoms with E-state index >= 15 is 0 Å². The molecule has 1 fully saturated rings. The SMILES string of the molecule is O=C(Cn1c2ccccc2c(=O)c2ccccc21)N1CCN(S(=O)(=O)c2ccc(F)c(F)c2)CC1. The molecule has 3 aromatic carbocycles. The Morgan fingerprint density at radius 3 is 1.94 bits per heavy atom. The molecule has 0 N–H and O–H groups in total. The summed E-state index contributed by atoms with van der Waals surface area (Å²) in [6, 6.07) is 16.7. The van der Waals surface area contributed by atoms with Crippen molar-refractivity contribution in [3.05, 3.63) is 88.6 Å². The molecule has 2 heterocycles. The zero-order chi connectivity index (χ0) is 24.7. The number of rotatable bonds is 4. The van der Waals surface area contributed by atoms with E-state index in [4.69, 9.17) is 0 Å². The second-order valence-electron chi connectivity index (χ2n) is 8.31. The monoisotopic (exact) mass is 497 g/mol. The average Bonchev–Trinajstić information content (AvgIpc) is 2.88. The van der Waals surface area contributed by atoms with E-state index in [9.17, 15) is 26.8 Å². The smallest absolute Gasteiger partial charge is 0.243 e. The Labute approximate surface area is 199 Å². The number of halogens is 2. The second-order valence-corrected chi connectivity index (χ2v) is 10.2. The number of para-hydroxylation sites is 2. The van der Waals surface area contributed by atoms with Crippen LogP contribution in [0.2, 0.25) is 0 Å². The molecule has 1 aliphatic heterocycles. The molecule has 4 aromatic rings. The number of fused-ring (bicyclic) bond motifs is 2. The van der Waals surface area contributed by atoms with Gasteiger partial charge >= 0.3 is 0 Å². The zero-order valence-corrected chi connectivity index (χ0v) is 19.3. The third-order valence-electron chi connectivity index (χ3n) is 6.29. The first-order valence-corrected chi connectivity index (χ1v) is 12.4. The first-order chi connectivity index (χ1) is 16.8. The standard InChI is InChI=1S/C25H21F2N3O4S/c26-20-10-9-17(15-21(20)27)35(33,34)29-13-11-28(12-14-29)24(31)16-30-22-7-3-1-5-18(22)25(32)19-6-2-4-8-23(19)30/h1-10,15H,11-14,16H2. The molecule has 1 aliphatic rings. The van der Waals surface area contributed by atoms with Gasteiger partial charge in [-0.3, -0.25) is 9.59 Å². The van der Waals surface area contributed by atoms with Gasteiger partial charge in [-0.2, -0.15) is 4.31 Å². The Morgan fingerprint density at radius 1 is 0.800 bits per heavy atom. The molecular weight excluding hydrogens is 476 g/mol. The summed E-state index contributed by atoms with van der Waals surface area (Å²) in [5.74, 6) is -2.57. The molecule has 0 atom stereocenters. The van der Waals surface area contributed by atoms with E-state index in [2.05, 4.69) is 0 Å². The van der Waals surface area contributed by atoms with E-state index in [1.54, 1.807) is 58.0 Å². The number of carbonyl (C=O) groups excluding carboxylic acids is 1. The number of carbonyl (C=O) groups is 1. The number of piperazine rings is 1. The van der Waals surface area contributed by atoms with Gasteiger partial charge in [0.2, 0.25) is 15.9 Å². The fraction of sp³-hybridized carbons (Fsp3) is 0.200. The predicted molar refractivity (Wildman–Crippen MR) is 127 cm³/mol. The van der Waals surface area contributed by atoms with Gasteiger partial charge in [0, 0.05) is 37.0 Å². The summed E-state index contributed by atoms with van der Waals surface area (Å²) in [4.78, 5) is 27.4. The number of hydrogen-bond acceptors (Lipinski definition) is 4. The molecule has 0 spiro atoms. The molecule has 0 bridgehead atoms. The third kappa shape index (κ3) is 4.08. The maximum Gasteiger partial charge on any atom is 0.243 e. The van der Waals surface area contributed by atoms with Crippen molar-refractivity contribution >= 4 is 37.7 Å². The van der Waals surface area contributed by atoms with Gasteiger partial charge in [-0.25, -0.2) is 17.2 Å². The summed E-state index contributed by atoms with van der Waals surface area (Å²) in [6.45, 7) is 0.338. The summed E-state index contributed by atoms with van der Waals surface area (Å²) < 4.78 is 55.4. The van der Waals surface area contributed by atoms with E-state index in [1.165, 1.54) is 0 Å². The van der Waals surface area contributed by atoms with E-state index in [0.29, 0.717) is 27.9 Å². The molecule has 0 saturated carbocycles. The highest BCUT2D eigenvalue weighted by Crippen LogP contribution is 2.22. The van der Waals surface area contributed by atoms with Crippen LogP contribution in [0.25, 0.3) is 21.8 Å². The summed E-state index contributed by atoms with van der Waals surface area (Å²) >= 11 is 0. The van der Waals surface area contributed by atoms with E-state index in [1.807, 2.05) is 0 Å². The van der Waals surface area contributed by atoms with Crippen molar-refractivity contribution < 1.29 is 22.0 Å². The summed E-state index contributed by atoms with van der Waals surface area (Å²) in [6.07, 6.45) is 0. The summed E-state index contributed by atoms with van der Waals surface area (Å²) in [7, 11) is -4.02. The Morgan fingerprint density at radius 2 is 1.37 bits per heavy atom. The van der Waals surface area contributed by atoms with Crippen molar-refractivity contribution in [2.75, 3.05) is 26.2 Å². The molecule has 5 rings (SSSR count). The minimum Gasteiger partial charge on any atom is -0.339 e. The fourth-order valence-corrected chi connectivity index (χ4v) is 5.88. The van der Waals surface area contributed by atoms with Crippen LogP contribution in [-0.2, 0) is 21.4 Å². The van der Waals surface area contributed by atoms with Crippen LogP contribution >= 0.6 is 0 Å². The molecule has 35 heavy (non-hydrogen) atoms. The quantitative estimate of drug-likeness (QED) is 0.406. The number of benzene rings is 3. The highest BCUT2D eigenvalue weighted by molar-refractivity contribution is 7.89. The van der Waals surface area contributed by atoms with Crippen LogP contribution in [0.4, 0.5) is 8.78 Å². The van der Waals surface area contributed by atoms with Gasteiger partial charge in [0.05, 0.1) is 15.9 Å². The lowest BCUT2D eigenvalue weighted by atomic mass is 10.1. The molecule has 0 radical (unpaired) electrons. The molecule has 1 aromatic heterocycles. The largest absolute Gasteiger partial charge is 0.339 e. The van der Waals surface area contributed by atoms with Gasteiger partial charge in [-0.15, -0.1) is 0 Å². The van der Waals surface area contributed by atoms with Crippen molar-refractivity contribution in [2.45, 2.75) is 11.4 Å². The molecule has 1 saturated heterocycles. The first kappa shape index (κ1) is 23.1. The summed E-state index contributed by atoms with van der Waals surface area (Å²) in [5.41, 5.74) is 1.18. The number of sulfonamides is 1. The van der Waals surface area contributed by atoms with Crippen LogP contribution in [0.3, 0.4) is 0 Å². The number of amides is 1. The van der Waals surface area contributed by atoms with Gasteiger partial charge in [0.25, 0.3) is 0 Å². The Bertz CT molecular complexity index is 1570. The second kappa shape index (κ2) is 8.86. The third-order valence-corrected chi connectivity index (χ3v) is 8.19. The van der Waals surface area contributed by atoms with E-state index < -0.39 is 21.7 Å².